The second kappa shape index (κ2) is 24.0. The quantitative estimate of drug-likeness (QED) is 0.0630. The van der Waals surface area contributed by atoms with E-state index in [4.69, 9.17) is 18.9 Å². The molecule has 0 unspecified atom stereocenters. The first kappa shape index (κ1) is 44.8. The van der Waals surface area contributed by atoms with Crippen LogP contribution in [0.1, 0.15) is 13.8 Å². The first-order valence-electron chi connectivity index (χ1n) is 17.5. The maximum atomic E-state index is 5.69. The molecule has 0 atom stereocenters. The molecule has 4 rings (SSSR count). The van der Waals surface area contributed by atoms with Gasteiger partial charge in [0.05, 0.1) is 0 Å². The summed E-state index contributed by atoms with van der Waals surface area (Å²) in [6.07, 6.45) is 0. The number of halogens is 3. The van der Waals surface area contributed by atoms with Gasteiger partial charge < -0.3 is 39.0 Å². The summed E-state index contributed by atoms with van der Waals surface area (Å²) >= 11 is 9.04. The van der Waals surface area contributed by atoms with Crippen LogP contribution >= 0.6 is 54.5 Å². The van der Waals surface area contributed by atoms with Gasteiger partial charge in [-0.3, -0.25) is 0 Å². The fraction of sp³-hybridized carbons (Fsp3) is 0.706. The summed E-state index contributed by atoms with van der Waals surface area (Å²) in [5, 5.41) is 3.31. The molecule has 2 aliphatic rings. The monoisotopic (exact) mass is 958 g/mol. The highest BCUT2D eigenvalue weighted by Crippen LogP contribution is 2.27. The van der Waals surface area contributed by atoms with Crippen molar-refractivity contribution in [3.63, 3.8) is 0 Å². The zero-order chi connectivity index (χ0) is 36.3. The van der Waals surface area contributed by atoms with Crippen LogP contribution in [0.5, 0.6) is 11.5 Å². The van der Waals surface area contributed by atoms with E-state index in [0.717, 1.165) is 88.2 Å². The van der Waals surface area contributed by atoms with Crippen LogP contribution in [0.15, 0.2) is 33.5 Å². The van der Waals surface area contributed by atoms with Gasteiger partial charge in [-0.25, -0.2) is 9.97 Å². The van der Waals surface area contributed by atoms with Gasteiger partial charge in [-0.05, 0) is 104 Å². The van der Waals surface area contributed by atoms with Crippen LogP contribution in [-0.2, 0) is 9.47 Å². The van der Waals surface area contributed by atoms with Gasteiger partial charge in [0.25, 0.3) is 0 Å². The fourth-order valence-corrected chi connectivity index (χ4v) is 7.74. The molecule has 0 saturated carbocycles. The van der Waals surface area contributed by atoms with Crippen LogP contribution in [0.25, 0.3) is 0 Å². The van der Waals surface area contributed by atoms with Crippen molar-refractivity contribution in [2.24, 2.45) is 0 Å². The predicted octanol–water partition coefficient (Wildman–Crippen LogP) is 7.73. The largest absolute Gasteiger partial charge is 0.465 e. The van der Waals surface area contributed by atoms with Crippen molar-refractivity contribution in [1.29, 1.82) is 0 Å². The molecule has 49 heavy (non-hydrogen) atoms. The molecule has 0 aliphatic carbocycles. The molecular formula is C34H61Br2IN6O4Si2. The van der Waals surface area contributed by atoms with Crippen molar-refractivity contribution in [2.45, 2.75) is 65.2 Å². The van der Waals surface area contributed by atoms with Crippen LogP contribution in [0, 0.1) is 3.70 Å². The Labute approximate surface area is 329 Å². The smallest absolute Gasteiger partial charge is 0.189 e. The van der Waals surface area contributed by atoms with Crippen LogP contribution < -0.4 is 19.7 Å². The number of likely N-dealkylation sites (N-methyl/N-ethyl adjacent to an activating group) is 2. The minimum Gasteiger partial charge on any atom is -0.465 e. The van der Waals surface area contributed by atoms with E-state index in [1.165, 1.54) is 32.7 Å². The lowest BCUT2D eigenvalue weighted by atomic mass is 10.3. The molecule has 2 saturated heterocycles. The predicted molar refractivity (Wildman–Crippen MR) is 225 cm³/mol. The number of nitrogens with one attached hydrogen (secondary N) is 1. The molecule has 15 heteroatoms. The Bertz CT molecular complexity index is 1200. The number of aromatic nitrogens is 2. The van der Waals surface area contributed by atoms with Gasteiger partial charge >= 0.3 is 0 Å². The lowest BCUT2D eigenvalue weighted by molar-refractivity contribution is 0.0211. The Balaban J connectivity index is 0.000000288. The number of pyridine rings is 2. The molecule has 1 N–H and O–H groups in total. The molecule has 10 nitrogen and oxygen atoms in total. The number of ether oxygens (including phenoxy) is 4. The lowest BCUT2D eigenvalue weighted by Gasteiger charge is -2.34. The second-order valence-electron chi connectivity index (χ2n) is 14.4. The van der Waals surface area contributed by atoms with Crippen molar-refractivity contribution < 1.29 is 18.9 Å². The molecular weight excluding hydrogens is 899 g/mol. The Morgan fingerprint density at radius 2 is 1.16 bits per heavy atom. The number of anilines is 1. The third-order valence-electron chi connectivity index (χ3n) is 7.97. The van der Waals surface area contributed by atoms with Crippen LogP contribution in [0.3, 0.4) is 0 Å². The molecule has 2 aliphatic heterocycles. The highest BCUT2D eigenvalue weighted by Gasteiger charge is 2.18. The molecule has 4 heterocycles. The Kier molecular flexibility index (Phi) is 22.0. The van der Waals surface area contributed by atoms with E-state index in [1.54, 1.807) is 0 Å². The van der Waals surface area contributed by atoms with E-state index in [1.807, 2.05) is 24.3 Å². The average Bonchev–Trinajstić information content (AvgIpc) is 3.06. The van der Waals surface area contributed by atoms with E-state index in [-0.39, 0.29) is 13.6 Å². The van der Waals surface area contributed by atoms with Gasteiger partial charge in [0.1, 0.15) is 14.1 Å². The Morgan fingerprint density at radius 1 is 0.694 bits per heavy atom. The van der Waals surface area contributed by atoms with Crippen LogP contribution in [0.2, 0.25) is 51.4 Å². The molecule has 0 spiro atoms. The van der Waals surface area contributed by atoms with E-state index in [2.05, 4.69) is 138 Å². The lowest BCUT2D eigenvalue weighted by Crippen LogP contribution is -2.46. The summed E-state index contributed by atoms with van der Waals surface area (Å²) in [6, 6.07) is 10.1. The number of nitrogens with zero attached hydrogens (tertiary/aromatic N) is 5. The summed E-state index contributed by atoms with van der Waals surface area (Å²) in [7, 11) is -2.05. The van der Waals surface area contributed by atoms with E-state index < -0.39 is 16.1 Å². The molecule has 0 radical (unpaired) electrons. The Hall–Kier alpha value is -0.376. The third kappa shape index (κ3) is 20.4. The van der Waals surface area contributed by atoms with E-state index in [0.29, 0.717) is 0 Å². The topological polar surface area (TPSA) is 84.5 Å². The second-order valence-corrected chi connectivity index (χ2v) is 28.3. The van der Waals surface area contributed by atoms with Crippen LogP contribution in [-0.4, -0.2) is 128 Å². The summed E-state index contributed by atoms with van der Waals surface area (Å²) in [5.74, 6) is 2.46. The molecule has 2 fully saturated rings. The third-order valence-corrected chi connectivity index (χ3v) is 13.1. The first-order valence-corrected chi connectivity index (χ1v) is 27.6. The van der Waals surface area contributed by atoms with Gasteiger partial charge in [0, 0.05) is 81.7 Å². The Morgan fingerprint density at radius 3 is 1.59 bits per heavy atom. The maximum absolute atomic E-state index is 5.69. The minimum atomic E-state index is -1.04. The SMILES string of the molecule is CCN1CCN(c2ccc(OCOCC[Si](C)(C)C)c(Br)n2)CC1.CCN1CCNCC1.C[Si](C)(C)CCOCOc1ccc(I)nc1Br. The van der Waals surface area contributed by atoms with Gasteiger partial charge in [-0.15, -0.1) is 0 Å². The average molecular weight is 961 g/mol. The highest BCUT2D eigenvalue weighted by atomic mass is 127. The number of hydrogen-bond donors (Lipinski definition) is 1. The summed E-state index contributed by atoms with van der Waals surface area (Å²) in [5.41, 5.74) is 0. The molecule has 0 bridgehead atoms. The van der Waals surface area contributed by atoms with Crippen molar-refractivity contribution in [2.75, 3.05) is 97.1 Å². The van der Waals surface area contributed by atoms with Gasteiger partial charge in [-0.1, -0.05) is 53.1 Å². The molecule has 2 aromatic heterocycles. The van der Waals surface area contributed by atoms with E-state index in [9.17, 15) is 0 Å². The summed E-state index contributed by atoms with van der Waals surface area (Å²) in [6.45, 7) is 31.9. The van der Waals surface area contributed by atoms with Crippen LogP contribution in [0.4, 0.5) is 5.82 Å². The number of piperazine rings is 2. The fourth-order valence-electron chi connectivity index (χ4n) is 4.61. The van der Waals surface area contributed by atoms with Crippen molar-refractivity contribution in [1.82, 2.24) is 25.1 Å². The van der Waals surface area contributed by atoms with Gasteiger partial charge in [0.2, 0.25) is 0 Å². The summed E-state index contributed by atoms with van der Waals surface area (Å²) < 4.78 is 24.6. The maximum Gasteiger partial charge on any atom is 0.189 e. The first-order chi connectivity index (χ1) is 23.2. The molecule has 2 aromatic rings. The summed E-state index contributed by atoms with van der Waals surface area (Å²) in [4.78, 5) is 16.1. The number of hydrogen-bond acceptors (Lipinski definition) is 10. The standard InChI is InChI=1S/C17H30BrN3O2Si.C11H17BrINO2Si.C6H14N2/c1-5-20-8-10-21(11-9-20)16-7-6-15(17(18)19-16)23-14-22-12-13-24(2,3)4;1-17(2,3)7-6-15-8-16-9-4-5-10(13)14-11(9)12;1-2-8-5-3-7-4-6-8/h6-7H,5,8-14H2,1-4H3;4-5H,6-8H2,1-3H3;7H,2-6H2,1H3. The van der Waals surface area contributed by atoms with Gasteiger partial charge in [-0.2, -0.15) is 0 Å². The zero-order valence-corrected chi connectivity index (χ0v) is 38.5. The normalized spacial score (nSPS) is 15.9. The van der Waals surface area contributed by atoms with Crippen molar-refractivity contribution in [3.05, 3.63) is 37.2 Å². The van der Waals surface area contributed by atoms with Crippen molar-refractivity contribution >= 4 is 76.4 Å². The minimum absolute atomic E-state index is 0.277. The van der Waals surface area contributed by atoms with Gasteiger partial charge in [0.15, 0.2) is 29.7 Å². The van der Waals surface area contributed by atoms with Crippen molar-refractivity contribution in [3.8, 4) is 11.5 Å². The highest BCUT2D eigenvalue weighted by molar-refractivity contribution is 14.1. The molecule has 0 amide bonds. The molecule has 280 valence electrons. The zero-order valence-electron chi connectivity index (χ0n) is 31.1. The van der Waals surface area contributed by atoms with E-state index >= 15 is 0 Å². The molecule has 0 aromatic carbocycles. The number of rotatable bonds is 15.